The van der Waals surface area contributed by atoms with Crippen molar-refractivity contribution in [3.05, 3.63) is 12.2 Å². The third kappa shape index (κ3) is 4.37. The van der Waals surface area contributed by atoms with Crippen molar-refractivity contribution in [3.63, 3.8) is 0 Å². The van der Waals surface area contributed by atoms with Crippen LogP contribution in [0.2, 0.25) is 0 Å². The van der Waals surface area contributed by atoms with E-state index < -0.39 is 11.4 Å². The van der Waals surface area contributed by atoms with Gasteiger partial charge in [0, 0.05) is 13.0 Å². The summed E-state index contributed by atoms with van der Waals surface area (Å²) in [6.07, 6.45) is 7.52. The summed E-state index contributed by atoms with van der Waals surface area (Å²) in [5, 5.41) is 12.2. The summed E-state index contributed by atoms with van der Waals surface area (Å²) in [4.78, 5) is 23.2. The third-order valence-corrected chi connectivity index (χ3v) is 4.26. The molecular formula is C15H25NO3. The number of carboxylic acids is 1. The molecule has 0 radical (unpaired) electrons. The average Bonchev–Trinajstić information content (AvgIpc) is 2.37. The number of hydrogen-bond acceptors (Lipinski definition) is 2. The molecule has 0 bridgehead atoms. The lowest BCUT2D eigenvalue weighted by atomic mass is 9.76. The quantitative estimate of drug-likeness (QED) is 0.727. The smallest absolute Gasteiger partial charge is 0.310 e. The van der Waals surface area contributed by atoms with Crippen LogP contribution in [0, 0.1) is 17.3 Å². The minimum Gasteiger partial charge on any atom is -0.481 e. The van der Waals surface area contributed by atoms with E-state index in [1.165, 1.54) is 0 Å². The zero-order chi connectivity index (χ0) is 14.5. The Kier molecular flexibility index (Phi) is 5.58. The van der Waals surface area contributed by atoms with Crippen LogP contribution in [-0.2, 0) is 9.59 Å². The van der Waals surface area contributed by atoms with Crippen molar-refractivity contribution in [1.29, 1.82) is 0 Å². The Bertz CT molecular complexity index is 362. The van der Waals surface area contributed by atoms with Crippen LogP contribution < -0.4 is 5.32 Å². The van der Waals surface area contributed by atoms with E-state index >= 15 is 0 Å². The molecule has 1 rings (SSSR count). The van der Waals surface area contributed by atoms with Gasteiger partial charge in [-0.25, -0.2) is 0 Å². The molecule has 0 aromatic heterocycles. The van der Waals surface area contributed by atoms with Crippen molar-refractivity contribution < 1.29 is 14.7 Å². The number of amides is 1. The Morgan fingerprint density at radius 1 is 1.42 bits per heavy atom. The van der Waals surface area contributed by atoms with E-state index in [1.54, 1.807) is 6.92 Å². The summed E-state index contributed by atoms with van der Waals surface area (Å²) in [7, 11) is 0. The SMILES string of the molecule is CC(C)C(C)(CC(=O)NCC1CC=CCC1)C(=O)O. The van der Waals surface area contributed by atoms with Gasteiger partial charge >= 0.3 is 5.97 Å². The summed E-state index contributed by atoms with van der Waals surface area (Å²) in [6, 6.07) is 0. The molecule has 0 aliphatic heterocycles. The van der Waals surface area contributed by atoms with Gasteiger partial charge < -0.3 is 10.4 Å². The van der Waals surface area contributed by atoms with Crippen LogP contribution in [0.5, 0.6) is 0 Å². The molecule has 2 atom stereocenters. The average molecular weight is 267 g/mol. The number of hydrogen-bond donors (Lipinski definition) is 2. The Hall–Kier alpha value is -1.32. The van der Waals surface area contributed by atoms with E-state index in [9.17, 15) is 14.7 Å². The molecule has 1 aliphatic rings. The molecule has 0 saturated carbocycles. The summed E-state index contributed by atoms with van der Waals surface area (Å²) in [5.41, 5.74) is -0.990. The van der Waals surface area contributed by atoms with Crippen LogP contribution in [-0.4, -0.2) is 23.5 Å². The topological polar surface area (TPSA) is 66.4 Å². The second kappa shape index (κ2) is 6.73. The van der Waals surface area contributed by atoms with E-state index in [-0.39, 0.29) is 18.2 Å². The van der Waals surface area contributed by atoms with Crippen molar-refractivity contribution in [3.8, 4) is 0 Å². The minimum absolute atomic E-state index is 0.0442. The van der Waals surface area contributed by atoms with Crippen molar-refractivity contribution in [2.24, 2.45) is 17.3 Å². The van der Waals surface area contributed by atoms with Crippen LogP contribution in [0.25, 0.3) is 0 Å². The normalized spacial score (nSPS) is 22.0. The van der Waals surface area contributed by atoms with Crippen LogP contribution >= 0.6 is 0 Å². The van der Waals surface area contributed by atoms with Gasteiger partial charge in [0.2, 0.25) is 5.91 Å². The van der Waals surface area contributed by atoms with Gasteiger partial charge in [0.1, 0.15) is 0 Å². The Morgan fingerprint density at radius 3 is 2.58 bits per heavy atom. The molecule has 0 aromatic rings. The Labute approximate surface area is 115 Å². The summed E-state index contributed by atoms with van der Waals surface area (Å²) in [6.45, 7) is 5.97. The number of nitrogens with one attached hydrogen (secondary N) is 1. The zero-order valence-corrected chi connectivity index (χ0v) is 12.1. The minimum atomic E-state index is -0.990. The maximum absolute atomic E-state index is 11.9. The van der Waals surface area contributed by atoms with E-state index in [1.807, 2.05) is 13.8 Å². The molecule has 4 heteroatoms. The molecule has 108 valence electrons. The first kappa shape index (κ1) is 15.7. The molecule has 0 aromatic carbocycles. The zero-order valence-electron chi connectivity index (χ0n) is 12.1. The number of aliphatic carboxylic acids is 1. The molecule has 2 N–H and O–H groups in total. The fraction of sp³-hybridized carbons (Fsp3) is 0.733. The fourth-order valence-corrected chi connectivity index (χ4v) is 2.22. The molecule has 0 heterocycles. The molecule has 1 amide bonds. The second-order valence-electron chi connectivity index (χ2n) is 6.01. The Balaban J connectivity index is 2.45. The highest BCUT2D eigenvalue weighted by Gasteiger charge is 2.38. The van der Waals surface area contributed by atoms with E-state index in [2.05, 4.69) is 17.5 Å². The van der Waals surface area contributed by atoms with Gasteiger partial charge in [0.15, 0.2) is 0 Å². The van der Waals surface area contributed by atoms with Gasteiger partial charge in [-0.1, -0.05) is 26.0 Å². The number of carbonyl (C=O) groups is 2. The second-order valence-corrected chi connectivity index (χ2v) is 6.01. The maximum atomic E-state index is 11.9. The highest BCUT2D eigenvalue weighted by Crippen LogP contribution is 2.31. The molecule has 2 unspecified atom stereocenters. The lowest BCUT2D eigenvalue weighted by Crippen LogP contribution is -2.40. The molecular weight excluding hydrogens is 242 g/mol. The first-order valence-electron chi connectivity index (χ1n) is 7.01. The number of allylic oxidation sites excluding steroid dienone is 2. The van der Waals surface area contributed by atoms with Crippen molar-refractivity contribution in [2.75, 3.05) is 6.54 Å². The summed E-state index contributed by atoms with van der Waals surface area (Å²) < 4.78 is 0. The predicted molar refractivity (Wildman–Crippen MR) is 74.7 cm³/mol. The van der Waals surface area contributed by atoms with E-state index in [4.69, 9.17) is 0 Å². The van der Waals surface area contributed by atoms with Gasteiger partial charge in [0.25, 0.3) is 0 Å². The van der Waals surface area contributed by atoms with Gasteiger partial charge in [-0.05, 0) is 38.0 Å². The Morgan fingerprint density at radius 2 is 2.11 bits per heavy atom. The van der Waals surface area contributed by atoms with Crippen LogP contribution in [0.1, 0.15) is 46.5 Å². The predicted octanol–water partition coefficient (Wildman–Crippen LogP) is 2.60. The third-order valence-electron chi connectivity index (χ3n) is 4.26. The van der Waals surface area contributed by atoms with Gasteiger partial charge in [-0.2, -0.15) is 0 Å². The first-order chi connectivity index (χ1) is 8.86. The fourth-order valence-electron chi connectivity index (χ4n) is 2.22. The number of carbonyl (C=O) groups excluding carboxylic acids is 1. The van der Waals surface area contributed by atoms with Crippen molar-refractivity contribution in [1.82, 2.24) is 5.32 Å². The van der Waals surface area contributed by atoms with E-state index in [0.29, 0.717) is 12.5 Å². The van der Waals surface area contributed by atoms with Crippen LogP contribution in [0.3, 0.4) is 0 Å². The molecule has 0 fully saturated rings. The maximum Gasteiger partial charge on any atom is 0.310 e. The van der Waals surface area contributed by atoms with Gasteiger partial charge in [-0.3, -0.25) is 9.59 Å². The molecule has 0 saturated heterocycles. The van der Waals surface area contributed by atoms with Crippen molar-refractivity contribution >= 4 is 11.9 Å². The van der Waals surface area contributed by atoms with Crippen LogP contribution in [0.4, 0.5) is 0 Å². The van der Waals surface area contributed by atoms with Gasteiger partial charge in [-0.15, -0.1) is 0 Å². The highest BCUT2D eigenvalue weighted by molar-refractivity contribution is 5.84. The molecule has 19 heavy (non-hydrogen) atoms. The number of rotatable bonds is 6. The van der Waals surface area contributed by atoms with Crippen molar-refractivity contribution in [2.45, 2.75) is 46.5 Å². The van der Waals surface area contributed by atoms with E-state index in [0.717, 1.165) is 19.3 Å². The molecule has 4 nitrogen and oxygen atoms in total. The highest BCUT2D eigenvalue weighted by atomic mass is 16.4. The summed E-state index contributed by atoms with van der Waals surface area (Å²) >= 11 is 0. The molecule has 0 spiro atoms. The largest absolute Gasteiger partial charge is 0.481 e. The standard InChI is InChI=1S/C15H25NO3/c1-11(2)15(3,14(18)19)9-13(17)16-10-12-7-5-4-6-8-12/h4-5,11-12H,6-10H2,1-3H3,(H,16,17)(H,18,19). The lowest BCUT2D eigenvalue weighted by Gasteiger charge is -2.28. The van der Waals surface area contributed by atoms with Crippen LogP contribution in [0.15, 0.2) is 12.2 Å². The lowest BCUT2D eigenvalue weighted by molar-refractivity contribution is -0.153. The summed E-state index contributed by atoms with van der Waals surface area (Å²) in [5.74, 6) is -0.649. The first-order valence-corrected chi connectivity index (χ1v) is 7.01. The van der Waals surface area contributed by atoms with Gasteiger partial charge in [0.05, 0.1) is 5.41 Å². The molecule has 1 aliphatic carbocycles. The number of carboxylic acid groups (broad SMARTS) is 1. The monoisotopic (exact) mass is 267 g/mol.